The van der Waals surface area contributed by atoms with Crippen LogP contribution in [0.3, 0.4) is 0 Å². The molecule has 0 saturated carbocycles. The second kappa shape index (κ2) is 9.98. The number of fused-ring (bicyclic) bond motifs is 1. The number of rotatable bonds is 6. The van der Waals surface area contributed by atoms with Crippen LogP contribution in [-0.2, 0) is 13.6 Å². The van der Waals surface area contributed by atoms with Crippen LogP contribution in [0.15, 0.2) is 48.2 Å². The van der Waals surface area contributed by atoms with E-state index in [1.54, 1.807) is 16.8 Å². The molecule has 1 N–H and O–H groups in total. The average Bonchev–Trinajstić information content (AvgIpc) is 3.46. The van der Waals surface area contributed by atoms with E-state index in [0.717, 1.165) is 65.6 Å². The Morgan fingerprint density at radius 2 is 2.00 bits per heavy atom. The zero-order valence-corrected chi connectivity index (χ0v) is 21.4. The van der Waals surface area contributed by atoms with Crippen molar-refractivity contribution in [3.05, 3.63) is 59.4 Å². The molecule has 3 heterocycles. The molecule has 1 aliphatic carbocycles. The molecule has 0 bridgehead atoms. The summed E-state index contributed by atoms with van der Waals surface area (Å²) in [6.07, 6.45) is 8.88. The second-order valence-corrected chi connectivity index (χ2v) is 10.2. The summed E-state index contributed by atoms with van der Waals surface area (Å²) in [7, 11) is 1.87. The van der Waals surface area contributed by atoms with E-state index in [-0.39, 0.29) is 24.5 Å². The first-order chi connectivity index (χ1) is 17.8. The predicted molar refractivity (Wildman–Crippen MR) is 141 cm³/mol. The number of alkyl halides is 1. The largest absolute Gasteiger partial charge is 0.396 e. The first-order valence-electron chi connectivity index (χ1n) is 12.9. The minimum atomic E-state index is -1.80. The van der Waals surface area contributed by atoms with Crippen LogP contribution in [0.25, 0.3) is 27.7 Å². The van der Waals surface area contributed by atoms with E-state index in [1.165, 1.54) is 6.92 Å². The summed E-state index contributed by atoms with van der Waals surface area (Å²) >= 11 is 0. The summed E-state index contributed by atoms with van der Waals surface area (Å²) in [4.78, 5) is 15.7. The number of allylic oxidation sites excluding steroid dienone is 4. The van der Waals surface area contributed by atoms with Crippen molar-refractivity contribution in [1.82, 2.24) is 19.2 Å². The normalized spacial score (nSPS) is 20.0. The Kier molecular flexibility index (Phi) is 6.74. The lowest BCUT2D eigenvalue weighted by Crippen LogP contribution is -2.36. The topological polar surface area (TPSA) is 87.1 Å². The zero-order valence-electron chi connectivity index (χ0n) is 21.4. The number of halogens is 1. The number of benzene rings is 1. The Bertz CT molecular complexity index is 1450. The van der Waals surface area contributed by atoms with E-state index in [1.807, 2.05) is 53.0 Å². The van der Waals surface area contributed by atoms with Gasteiger partial charge in [-0.15, -0.1) is 0 Å². The summed E-state index contributed by atoms with van der Waals surface area (Å²) in [6, 6.07) is 9.83. The molecule has 2 aromatic heterocycles. The fourth-order valence-corrected chi connectivity index (χ4v) is 5.51. The molecule has 1 saturated heterocycles. The number of nitrogens with zero attached hydrogens (tertiary/aromatic N) is 5. The summed E-state index contributed by atoms with van der Waals surface area (Å²) in [5.41, 5.74) is 2.92. The monoisotopic (exact) mass is 501 g/mol. The molecule has 1 aromatic carbocycles. The number of aromatic nitrogens is 3. The first kappa shape index (κ1) is 25.0. The third kappa shape index (κ3) is 4.72. The Balaban J connectivity index is 1.72. The van der Waals surface area contributed by atoms with Crippen molar-refractivity contribution < 1.29 is 14.3 Å². The standard InChI is InChI=1S/C29H32FN5O2/c1-29(30)17-21(7-9-23(29)18-31)24-16-26(28(37)34-11-4-3-5-12-34)35(13-6-14-36)27(24)20-8-10-25-22(15-20)19-33(2)32-25/h7-10,15-16,19,36H,3-6,11-14,17H2,1-2H3. The maximum atomic E-state index is 15.5. The van der Waals surface area contributed by atoms with Crippen LogP contribution in [-0.4, -0.2) is 55.6 Å². The molecule has 1 atom stereocenters. The van der Waals surface area contributed by atoms with Gasteiger partial charge in [0.2, 0.25) is 0 Å². The lowest BCUT2D eigenvalue weighted by molar-refractivity contribution is 0.0712. The van der Waals surface area contributed by atoms with Crippen molar-refractivity contribution in [2.24, 2.45) is 7.05 Å². The second-order valence-electron chi connectivity index (χ2n) is 10.2. The van der Waals surface area contributed by atoms with Crippen molar-refractivity contribution in [1.29, 1.82) is 5.26 Å². The number of likely N-dealkylation sites (tertiary alicyclic amines) is 1. The maximum absolute atomic E-state index is 15.5. The summed E-state index contributed by atoms with van der Waals surface area (Å²) in [6.45, 7) is 3.31. The summed E-state index contributed by atoms with van der Waals surface area (Å²) in [5, 5.41) is 24.5. The van der Waals surface area contributed by atoms with Crippen molar-refractivity contribution in [2.75, 3.05) is 19.7 Å². The number of aryl methyl sites for hydroxylation is 1. The average molecular weight is 502 g/mol. The molecular formula is C29H32FN5O2. The van der Waals surface area contributed by atoms with Gasteiger partial charge in [-0.25, -0.2) is 4.39 Å². The van der Waals surface area contributed by atoms with Crippen LogP contribution >= 0.6 is 0 Å². The molecule has 7 nitrogen and oxygen atoms in total. The molecule has 5 rings (SSSR count). The van der Waals surface area contributed by atoms with Crippen LogP contribution < -0.4 is 0 Å². The molecule has 1 amide bonds. The molecule has 0 radical (unpaired) electrons. The Morgan fingerprint density at radius 1 is 1.22 bits per heavy atom. The third-order valence-electron chi connectivity index (χ3n) is 7.39. The van der Waals surface area contributed by atoms with Gasteiger partial charge in [-0.3, -0.25) is 9.48 Å². The van der Waals surface area contributed by atoms with E-state index >= 15 is 4.39 Å². The molecule has 3 aromatic rings. The number of carbonyl (C=O) groups is 1. The van der Waals surface area contributed by atoms with Crippen LogP contribution in [0.4, 0.5) is 4.39 Å². The molecule has 8 heteroatoms. The van der Waals surface area contributed by atoms with Crippen LogP contribution in [0.1, 0.15) is 55.1 Å². The minimum absolute atomic E-state index is 0.00848. The smallest absolute Gasteiger partial charge is 0.270 e. The van der Waals surface area contributed by atoms with Crippen molar-refractivity contribution >= 4 is 22.4 Å². The highest BCUT2D eigenvalue weighted by Crippen LogP contribution is 2.42. The lowest BCUT2D eigenvalue weighted by atomic mass is 9.83. The van der Waals surface area contributed by atoms with Crippen molar-refractivity contribution in [3.63, 3.8) is 0 Å². The SMILES string of the molecule is Cn1cc2cc(-c3c(C4=CC=C(C#N)C(C)(F)C4)cc(C(=O)N4CCCCC4)n3CCCO)ccc2n1. The number of hydrogen-bond donors (Lipinski definition) is 1. The molecule has 2 aliphatic rings. The Hall–Kier alpha value is -3.70. The van der Waals surface area contributed by atoms with Crippen molar-refractivity contribution in [3.8, 4) is 17.3 Å². The van der Waals surface area contributed by atoms with Gasteiger partial charge in [-0.2, -0.15) is 10.4 Å². The molecule has 1 unspecified atom stereocenters. The fourth-order valence-electron chi connectivity index (χ4n) is 5.51. The molecular weight excluding hydrogens is 469 g/mol. The number of aliphatic hydroxyl groups excluding tert-OH is 1. The van der Waals surface area contributed by atoms with Crippen LogP contribution in [0, 0.1) is 11.3 Å². The van der Waals surface area contributed by atoms with Crippen LogP contribution in [0.5, 0.6) is 0 Å². The van der Waals surface area contributed by atoms with Gasteiger partial charge in [-0.1, -0.05) is 12.1 Å². The van der Waals surface area contributed by atoms with Gasteiger partial charge >= 0.3 is 0 Å². The van der Waals surface area contributed by atoms with Gasteiger partial charge in [0.15, 0.2) is 0 Å². The Morgan fingerprint density at radius 3 is 2.70 bits per heavy atom. The van der Waals surface area contributed by atoms with Gasteiger partial charge in [0.1, 0.15) is 11.4 Å². The van der Waals surface area contributed by atoms with E-state index in [0.29, 0.717) is 18.7 Å². The highest BCUT2D eigenvalue weighted by Gasteiger charge is 2.35. The number of nitriles is 1. The van der Waals surface area contributed by atoms with E-state index < -0.39 is 5.67 Å². The highest BCUT2D eigenvalue weighted by molar-refractivity contribution is 5.98. The van der Waals surface area contributed by atoms with Gasteiger partial charge in [0, 0.05) is 56.9 Å². The minimum Gasteiger partial charge on any atom is -0.396 e. The molecule has 192 valence electrons. The molecule has 1 fully saturated rings. The molecule has 0 spiro atoms. The quantitative estimate of drug-likeness (QED) is 0.514. The number of carbonyl (C=O) groups excluding carboxylic acids is 1. The number of hydrogen-bond acceptors (Lipinski definition) is 4. The Labute approximate surface area is 216 Å². The van der Waals surface area contributed by atoms with Gasteiger partial charge < -0.3 is 14.6 Å². The fraction of sp³-hybridized carbons (Fsp3) is 0.414. The van der Waals surface area contributed by atoms with Gasteiger partial charge in [-0.05, 0) is 68.0 Å². The lowest BCUT2D eigenvalue weighted by Gasteiger charge is -2.27. The molecule has 37 heavy (non-hydrogen) atoms. The number of aliphatic hydroxyl groups is 1. The number of amides is 1. The summed E-state index contributed by atoms with van der Waals surface area (Å²) in [5.74, 6) is -0.0414. The summed E-state index contributed by atoms with van der Waals surface area (Å²) < 4.78 is 19.3. The molecule has 1 aliphatic heterocycles. The van der Waals surface area contributed by atoms with Gasteiger partial charge in [0.05, 0.1) is 22.9 Å². The number of piperidine rings is 1. The maximum Gasteiger partial charge on any atom is 0.270 e. The zero-order chi connectivity index (χ0) is 26.2. The van der Waals surface area contributed by atoms with E-state index in [9.17, 15) is 15.2 Å². The predicted octanol–water partition coefficient (Wildman–Crippen LogP) is 5.02. The van der Waals surface area contributed by atoms with E-state index in [4.69, 9.17) is 0 Å². The van der Waals surface area contributed by atoms with E-state index in [2.05, 4.69) is 5.10 Å². The highest BCUT2D eigenvalue weighted by atomic mass is 19.1. The van der Waals surface area contributed by atoms with Crippen LogP contribution in [0.2, 0.25) is 0 Å². The third-order valence-corrected chi connectivity index (χ3v) is 7.39. The first-order valence-corrected chi connectivity index (χ1v) is 12.9. The van der Waals surface area contributed by atoms with Gasteiger partial charge in [0.25, 0.3) is 5.91 Å². The van der Waals surface area contributed by atoms with Crippen molar-refractivity contribution in [2.45, 2.75) is 51.2 Å².